The number of piperidine rings is 1. The number of nitrogens with one attached hydrogen (secondary N) is 1. The van der Waals surface area contributed by atoms with E-state index in [1.54, 1.807) is 0 Å². The van der Waals surface area contributed by atoms with Crippen molar-refractivity contribution in [3.05, 3.63) is 18.2 Å². The van der Waals surface area contributed by atoms with Crippen molar-refractivity contribution >= 4 is 11.6 Å². The fraction of sp³-hybridized carbons (Fsp3) is 0.643. The minimum Gasteiger partial charge on any atom is -0.393 e. The second-order valence-electron chi connectivity index (χ2n) is 5.09. The molecule has 1 aliphatic heterocycles. The molecular formula is C14H23N3O. The number of aliphatic hydroxyl groups is 1. The third kappa shape index (κ3) is 3.13. The molecule has 1 aromatic heterocycles. The van der Waals surface area contributed by atoms with Gasteiger partial charge in [0, 0.05) is 19.6 Å². The van der Waals surface area contributed by atoms with Crippen LogP contribution >= 0.6 is 0 Å². The van der Waals surface area contributed by atoms with E-state index in [2.05, 4.69) is 29.0 Å². The van der Waals surface area contributed by atoms with E-state index >= 15 is 0 Å². The summed E-state index contributed by atoms with van der Waals surface area (Å²) in [6, 6.07) is 6.08. The molecule has 2 atom stereocenters. The van der Waals surface area contributed by atoms with Crippen molar-refractivity contribution in [2.75, 3.05) is 29.9 Å². The average molecular weight is 249 g/mol. The molecule has 0 saturated carbocycles. The van der Waals surface area contributed by atoms with E-state index in [9.17, 15) is 5.11 Å². The third-order valence-corrected chi connectivity index (χ3v) is 3.47. The van der Waals surface area contributed by atoms with Crippen molar-refractivity contribution < 1.29 is 5.11 Å². The number of hydrogen-bond donors (Lipinski definition) is 2. The van der Waals surface area contributed by atoms with Gasteiger partial charge in [0.25, 0.3) is 0 Å². The van der Waals surface area contributed by atoms with Crippen molar-refractivity contribution in [1.29, 1.82) is 0 Å². The minimum absolute atomic E-state index is 0.164. The van der Waals surface area contributed by atoms with Gasteiger partial charge in [0.15, 0.2) is 0 Å². The number of pyridine rings is 1. The molecule has 4 nitrogen and oxygen atoms in total. The highest BCUT2D eigenvalue weighted by atomic mass is 16.3. The Balaban J connectivity index is 2.04. The summed E-state index contributed by atoms with van der Waals surface area (Å²) in [5.74, 6) is 2.26. The zero-order chi connectivity index (χ0) is 13.0. The maximum atomic E-state index is 9.75. The fourth-order valence-corrected chi connectivity index (χ4v) is 2.29. The zero-order valence-electron chi connectivity index (χ0n) is 11.3. The van der Waals surface area contributed by atoms with Gasteiger partial charge < -0.3 is 15.3 Å². The first-order chi connectivity index (χ1) is 8.70. The standard InChI is InChI=1S/C14H23N3O/c1-3-8-15-13-5-4-6-14(16-13)17-9-7-12(18)11(2)10-17/h4-6,11-12,18H,3,7-10H2,1-2H3,(H,15,16). The number of hydrogen-bond acceptors (Lipinski definition) is 4. The molecule has 0 radical (unpaired) electrons. The normalized spacial score (nSPS) is 24.1. The lowest BCUT2D eigenvalue weighted by atomic mass is 9.97. The minimum atomic E-state index is -0.164. The molecule has 100 valence electrons. The summed E-state index contributed by atoms with van der Waals surface area (Å²) in [5.41, 5.74) is 0. The van der Waals surface area contributed by atoms with Crippen molar-refractivity contribution in [3.8, 4) is 0 Å². The first-order valence-electron chi connectivity index (χ1n) is 6.84. The summed E-state index contributed by atoms with van der Waals surface area (Å²) < 4.78 is 0. The molecule has 0 bridgehead atoms. The van der Waals surface area contributed by atoms with Gasteiger partial charge in [-0.25, -0.2) is 4.98 Å². The van der Waals surface area contributed by atoms with Crippen LogP contribution in [0.25, 0.3) is 0 Å². The maximum absolute atomic E-state index is 9.75. The van der Waals surface area contributed by atoms with Crippen LogP contribution in [0.1, 0.15) is 26.7 Å². The van der Waals surface area contributed by atoms with Crippen LogP contribution in [0.2, 0.25) is 0 Å². The summed E-state index contributed by atoms with van der Waals surface area (Å²) in [5, 5.41) is 13.1. The predicted octanol–water partition coefficient (Wildman–Crippen LogP) is 2.11. The molecule has 2 rings (SSSR count). The van der Waals surface area contributed by atoms with E-state index in [1.165, 1.54) is 0 Å². The Kier molecular flexibility index (Phi) is 4.42. The number of rotatable bonds is 4. The molecule has 2 N–H and O–H groups in total. The SMILES string of the molecule is CCCNc1cccc(N2CCC(O)C(C)C2)n1. The van der Waals surface area contributed by atoms with Gasteiger partial charge in [-0.1, -0.05) is 19.9 Å². The maximum Gasteiger partial charge on any atom is 0.130 e. The highest BCUT2D eigenvalue weighted by Crippen LogP contribution is 2.22. The van der Waals surface area contributed by atoms with Gasteiger partial charge in [-0.2, -0.15) is 0 Å². The van der Waals surface area contributed by atoms with E-state index in [-0.39, 0.29) is 6.10 Å². The first-order valence-corrected chi connectivity index (χ1v) is 6.84. The van der Waals surface area contributed by atoms with Crippen LogP contribution in [0, 0.1) is 5.92 Å². The van der Waals surface area contributed by atoms with E-state index < -0.39 is 0 Å². The summed E-state index contributed by atoms with van der Waals surface area (Å²) in [6.45, 7) is 6.95. The van der Waals surface area contributed by atoms with Gasteiger partial charge in [-0.15, -0.1) is 0 Å². The molecule has 1 aromatic rings. The Morgan fingerprint density at radius 3 is 3.06 bits per heavy atom. The Morgan fingerprint density at radius 2 is 2.33 bits per heavy atom. The molecular weight excluding hydrogens is 226 g/mol. The van der Waals surface area contributed by atoms with Crippen LogP contribution in [0.15, 0.2) is 18.2 Å². The second kappa shape index (κ2) is 6.05. The smallest absolute Gasteiger partial charge is 0.130 e. The van der Waals surface area contributed by atoms with E-state index in [4.69, 9.17) is 0 Å². The van der Waals surface area contributed by atoms with Gasteiger partial charge >= 0.3 is 0 Å². The largest absolute Gasteiger partial charge is 0.393 e. The van der Waals surface area contributed by atoms with Crippen molar-refractivity contribution in [3.63, 3.8) is 0 Å². The fourth-order valence-electron chi connectivity index (χ4n) is 2.29. The van der Waals surface area contributed by atoms with Crippen LogP contribution in [-0.2, 0) is 0 Å². The molecule has 2 unspecified atom stereocenters. The van der Waals surface area contributed by atoms with Crippen LogP contribution in [0.4, 0.5) is 11.6 Å². The molecule has 1 fully saturated rings. The molecule has 0 spiro atoms. The van der Waals surface area contributed by atoms with Gasteiger partial charge in [0.1, 0.15) is 11.6 Å². The summed E-state index contributed by atoms with van der Waals surface area (Å²) >= 11 is 0. The lowest BCUT2D eigenvalue weighted by Gasteiger charge is -2.35. The molecule has 0 aromatic carbocycles. The third-order valence-electron chi connectivity index (χ3n) is 3.47. The lowest BCUT2D eigenvalue weighted by molar-refractivity contribution is 0.0969. The van der Waals surface area contributed by atoms with Gasteiger partial charge in [-0.3, -0.25) is 0 Å². The Bertz CT molecular complexity index is 383. The van der Waals surface area contributed by atoms with Crippen molar-refractivity contribution in [2.45, 2.75) is 32.8 Å². The van der Waals surface area contributed by atoms with E-state index in [1.807, 2.05) is 18.2 Å². The quantitative estimate of drug-likeness (QED) is 0.858. The number of aliphatic hydroxyl groups excluding tert-OH is 1. The average Bonchev–Trinajstić information content (AvgIpc) is 2.40. The molecule has 18 heavy (non-hydrogen) atoms. The summed E-state index contributed by atoms with van der Waals surface area (Å²) in [4.78, 5) is 6.89. The topological polar surface area (TPSA) is 48.4 Å². The molecule has 1 aliphatic rings. The highest BCUT2D eigenvalue weighted by molar-refractivity contribution is 5.47. The number of anilines is 2. The second-order valence-corrected chi connectivity index (χ2v) is 5.09. The van der Waals surface area contributed by atoms with Crippen LogP contribution < -0.4 is 10.2 Å². The first kappa shape index (κ1) is 13.1. The van der Waals surface area contributed by atoms with Crippen LogP contribution in [0.3, 0.4) is 0 Å². The number of nitrogens with zero attached hydrogens (tertiary/aromatic N) is 2. The molecule has 2 heterocycles. The van der Waals surface area contributed by atoms with E-state index in [0.29, 0.717) is 5.92 Å². The van der Waals surface area contributed by atoms with Gasteiger partial charge in [-0.05, 0) is 30.9 Å². The number of aromatic nitrogens is 1. The monoisotopic (exact) mass is 249 g/mol. The molecule has 1 saturated heterocycles. The van der Waals surface area contributed by atoms with Crippen molar-refractivity contribution in [1.82, 2.24) is 4.98 Å². The van der Waals surface area contributed by atoms with Gasteiger partial charge in [0.05, 0.1) is 6.10 Å². The zero-order valence-corrected chi connectivity index (χ0v) is 11.3. The van der Waals surface area contributed by atoms with Crippen LogP contribution in [0.5, 0.6) is 0 Å². The van der Waals surface area contributed by atoms with Gasteiger partial charge in [0.2, 0.25) is 0 Å². The Labute approximate surface area is 109 Å². The van der Waals surface area contributed by atoms with E-state index in [0.717, 1.165) is 44.1 Å². The lowest BCUT2D eigenvalue weighted by Crippen LogP contribution is -2.42. The highest BCUT2D eigenvalue weighted by Gasteiger charge is 2.24. The molecule has 4 heteroatoms. The Hall–Kier alpha value is -1.29. The molecule has 0 amide bonds. The Morgan fingerprint density at radius 1 is 1.50 bits per heavy atom. The summed E-state index contributed by atoms with van der Waals surface area (Å²) in [6.07, 6.45) is 1.76. The predicted molar refractivity (Wildman–Crippen MR) is 75.0 cm³/mol. The summed E-state index contributed by atoms with van der Waals surface area (Å²) in [7, 11) is 0. The van der Waals surface area contributed by atoms with Crippen LogP contribution in [-0.4, -0.2) is 35.8 Å². The van der Waals surface area contributed by atoms with Crippen molar-refractivity contribution in [2.24, 2.45) is 5.92 Å². The molecule has 0 aliphatic carbocycles.